The molecular weight excluding hydrogens is 252 g/mol. The molecule has 0 N–H and O–H groups in total. The summed E-state index contributed by atoms with van der Waals surface area (Å²) < 4.78 is 5.33. The highest BCUT2D eigenvalue weighted by molar-refractivity contribution is 7.99. The predicted molar refractivity (Wildman–Crippen MR) is 80.1 cm³/mol. The lowest BCUT2D eigenvalue weighted by Gasteiger charge is -2.20. The molecule has 0 saturated carbocycles. The second-order valence-electron chi connectivity index (χ2n) is 4.62. The summed E-state index contributed by atoms with van der Waals surface area (Å²) in [6, 6.07) is 19.3. The van der Waals surface area contributed by atoms with Crippen molar-refractivity contribution in [1.29, 1.82) is 0 Å². The summed E-state index contributed by atoms with van der Waals surface area (Å²) in [5, 5.41) is 2.68. The summed E-state index contributed by atoms with van der Waals surface area (Å²) >= 11 is 1.82. The van der Waals surface area contributed by atoms with E-state index in [0.717, 1.165) is 5.75 Å². The van der Waals surface area contributed by atoms with Gasteiger partial charge in [0.05, 0.1) is 7.11 Å². The Kier molecular flexibility index (Phi) is 2.32. The van der Waals surface area contributed by atoms with Crippen LogP contribution in [0.1, 0.15) is 0 Å². The van der Waals surface area contributed by atoms with E-state index < -0.39 is 0 Å². The molecule has 0 saturated heterocycles. The van der Waals surface area contributed by atoms with E-state index in [0.29, 0.717) is 0 Å². The van der Waals surface area contributed by atoms with Crippen molar-refractivity contribution in [3.8, 4) is 16.9 Å². The number of ether oxygens (including phenoxy) is 1. The van der Waals surface area contributed by atoms with Crippen LogP contribution in [0.4, 0.5) is 0 Å². The number of fused-ring (bicyclic) bond motifs is 2. The average molecular weight is 264 g/mol. The zero-order chi connectivity index (χ0) is 12.8. The van der Waals surface area contributed by atoms with E-state index in [9.17, 15) is 0 Å². The van der Waals surface area contributed by atoms with Crippen molar-refractivity contribution in [2.75, 3.05) is 7.11 Å². The number of hydrogen-bond acceptors (Lipinski definition) is 2. The largest absolute Gasteiger partial charge is 0.497 e. The standard InChI is InChI=1S/C17H12OS/c1-18-12-8-9-13-14-6-2-4-11-5-3-7-15(17(11)14)19-16(13)10-12/h2-10H,1H3. The molecule has 0 fully saturated rings. The molecule has 92 valence electrons. The molecule has 4 rings (SSSR count). The average Bonchev–Trinajstić information content (AvgIpc) is 2.47. The van der Waals surface area contributed by atoms with Crippen molar-refractivity contribution in [3.05, 3.63) is 54.6 Å². The van der Waals surface area contributed by atoms with Gasteiger partial charge >= 0.3 is 0 Å². The van der Waals surface area contributed by atoms with Crippen LogP contribution >= 0.6 is 11.8 Å². The quantitative estimate of drug-likeness (QED) is 0.479. The van der Waals surface area contributed by atoms with Gasteiger partial charge in [-0.25, -0.2) is 0 Å². The van der Waals surface area contributed by atoms with Gasteiger partial charge in [-0.15, -0.1) is 0 Å². The third kappa shape index (κ3) is 1.57. The van der Waals surface area contributed by atoms with E-state index in [-0.39, 0.29) is 0 Å². The summed E-state index contributed by atoms with van der Waals surface area (Å²) in [5.74, 6) is 0.915. The Morgan fingerprint density at radius 1 is 0.842 bits per heavy atom. The Morgan fingerprint density at radius 2 is 1.68 bits per heavy atom. The van der Waals surface area contributed by atoms with Crippen LogP contribution in [0.25, 0.3) is 21.9 Å². The van der Waals surface area contributed by atoms with Crippen LogP contribution < -0.4 is 4.74 Å². The molecule has 0 aliphatic carbocycles. The molecule has 3 aromatic rings. The van der Waals surface area contributed by atoms with Crippen LogP contribution in [0.5, 0.6) is 5.75 Å². The summed E-state index contributed by atoms with van der Waals surface area (Å²) in [7, 11) is 1.71. The second kappa shape index (κ2) is 4.04. The zero-order valence-corrected chi connectivity index (χ0v) is 11.3. The minimum atomic E-state index is 0.915. The summed E-state index contributed by atoms with van der Waals surface area (Å²) in [5.41, 5.74) is 2.62. The van der Waals surface area contributed by atoms with E-state index in [1.165, 1.54) is 31.7 Å². The van der Waals surface area contributed by atoms with Crippen molar-refractivity contribution in [2.24, 2.45) is 0 Å². The highest BCUT2D eigenvalue weighted by Crippen LogP contribution is 2.48. The molecule has 0 amide bonds. The van der Waals surface area contributed by atoms with Crippen LogP contribution in [0, 0.1) is 0 Å². The van der Waals surface area contributed by atoms with Crippen LogP contribution in [0.3, 0.4) is 0 Å². The predicted octanol–water partition coefficient (Wildman–Crippen LogP) is 4.98. The van der Waals surface area contributed by atoms with Gasteiger partial charge in [0.15, 0.2) is 0 Å². The SMILES string of the molecule is COc1ccc2c(c1)Sc1cccc3cccc-2c13. The number of methoxy groups -OCH3 is 1. The molecule has 0 unspecified atom stereocenters. The minimum absolute atomic E-state index is 0.915. The highest BCUT2D eigenvalue weighted by Gasteiger charge is 2.18. The van der Waals surface area contributed by atoms with Crippen LogP contribution in [-0.2, 0) is 0 Å². The minimum Gasteiger partial charge on any atom is -0.497 e. The Morgan fingerprint density at radius 3 is 2.53 bits per heavy atom. The van der Waals surface area contributed by atoms with Gasteiger partial charge in [-0.05, 0) is 40.8 Å². The van der Waals surface area contributed by atoms with Crippen LogP contribution in [0.2, 0.25) is 0 Å². The van der Waals surface area contributed by atoms with E-state index in [1.807, 2.05) is 17.8 Å². The van der Waals surface area contributed by atoms with Crippen molar-refractivity contribution in [3.63, 3.8) is 0 Å². The maximum Gasteiger partial charge on any atom is 0.120 e. The van der Waals surface area contributed by atoms with Crippen LogP contribution in [0.15, 0.2) is 64.4 Å². The number of benzene rings is 3. The van der Waals surface area contributed by atoms with E-state index in [1.54, 1.807) is 7.11 Å². The third-order valence-electron chi connectivity index (χ3n) is 3.57. The van der Waals surface area contributed by atoms with Gasteiger partial charge in [0, 0.05) is 15.2 Å². The van der Waals surface area contributed by atoms with Crippen LogP contribution in [-0.4, -0.2) is 7.11 Å². The molecule has 0 atom stereocenters. The molecule has 1 aliphatic rings. The van der Waals surface area contributed by atoms with Gasteiger partial charge < -0.3 is 4.74 Å². The molecule has 0 spiro atoms. The maximum absolute atomic E-state index is 5.33. The molecule has 1 heterocycles. The van der Waals surface area contributed by atoms with Crippen molar-refractivity contribution < 1.29 is 4.74 Å². The first-order valence-electron chi connectivity index (χ1n) is 6.25. The molecule has 19 heavy (non-hydrogen) atoms. The lowest BCUT2D eigenvalue weighted by atomic mass is 9.97. The van der Waals surface area contributed by atoms with Gasteiger partial charge in [-0.2, -0.15) is 0 Å². The summed E-state index contributed by atoms with van der Waals surface area (Å²) in [6.45, 7) is 0. The summed E-state index contributed by atoms with van der Waals surface area (Å²) in [6.07, 6.45) is 0. The Hall–Kier alpha value is -1.93. The van der Waals surface area contributed by atoms with Gasteiger partial charge in [0.1, 0.15) is 5.75 Å². The topological polar surface area (TPSA) is 9.23 Å². The van der Waals surface area contributed by atoms with Crippen molar-refractivity contribution in [2.45, 2.75) is 9.79 Å². The number of hydrogen-bond donors (Lipinski definition) is 0. The maximum atomic E-state index is 5.33. The summed E-state index contributed by atoms with van der Waals surface area (Å²) in [4.78, 5) is 2.60. The first-order valence-corrected chi connectivity index (χ1v) is 7.06. The Labute approximate surface area is 116 Å². The highest BCUT2D eigenvalue weighted by atomic mass is 32.2. The molecule has 0 aromatic heterocycles. The second-order valence-corrected chi connectivity index (χ2v) is 5.71. The Balaban J connectivity index is 2.09. The molecule has 3 aromatic carbocycles. The monoisotopic (exact) mass is 264 g/mol. The van der Waals surface area contributed by atoms with E-state index >= 15 is 0 Å². The molecule has 0 radical (unpaired) electrons. The molecule has 1 aliphatic heterocycles. The van der Waals surface area contributed by atoms with E-state index in [4.69, 9.17) is 4.74 Å². The first-order chi connectivity index (χ1) is 9.36. The Bertz CT molecular complexity index is 787. The zero-order valence-electron chi connectivity index (χ0n) is 10.5. The normalized spacial score (nSPS) is 12.3. The van der Waals surface area contributed by atoms with Crippen molar-refractivity contribution in [1.82, 2.24) is 0 Å². The molecular formula is C17H12OS. The van der Waals surface area contributed by atoms with E-state index in [2.05, 4.69) is 48.5 Å². The smallest absolute Gasteiger partial charge is 0.120 e. The first kappa shape index (κ1) is 10.9. The van der Waals surface area contributed by atoms with Gasteiger partial charge in [-0.3, -0.25) is 0 Å². The fourth-order valence-corrected chi connectivity index (χ4v) is 3.85. The fraction of sp³-hybridized carbons (Fsp3) is 0.0588. The lowest BCUT2D eigenvalue weighted by Crippen LogP contribution is -1.93. The molecule has 1 nitrogen and oxygen atoms in total. The fourth-order valence-electron chi connectivity index (χ4n) is 2.67. The third-order valence-corrected chi connectivity index (χ3v) is 4.68. The van der Waals surface area contributed by atoms with Gasteiger partial charge in [0.25, 0.3) is 0 Å². The number of rotatable bonds is 1. The van der Waals surface area contributed by atoms with Gasteiger partial charge in [0.2, 0.25) is 0 Å². The van der Waals surface area contributed by atoms with Crippen molar-refractivity contribution >= 4 is 22.5 Å². The van der Waals surface area contributed by atoms with Gasteiger partial charge in [-0.1, -0.05) is 42.1 Å². The lowest BCUT2D eigenvalue weighted by molar-refractivity contribution is 0.414. The molecule has 0 bridgehead atoms. The molecule has 2 heteroatoms.